The average molecular weight is 297 g/mol. The lowest BCUT2D eigenvalue weighted by Gasteiger charge is -2.23. The van der Waals surface area contributed by atoms with Gasteiger partial charge in [0.05, 0.1) is 6.54 Å². The number of rotatable bonds is 5. The van der Waals surface area contributed by atoms with Crippen molar-refractivity contribution < 1.29 is 13.5 Å². The van der Waals surface area contributed by atoms with Crippen LogP contribution in [0.5, 0.6) is 5.75 Å². The lowest BCUT2D eigenvalue weighted by Crippen LogP contribution is -2.41. The van der Waals surface area contributed by atoms with Gasteiger partial charge in [0.1, 0.15) is 5.75 Å². The minimum Gasteiger partial charge on any atom is -0.435 e. The van der Waals surface area contributed by atoms with Crippen LogP contribution in [0.25, 0.3) is 0 Å². The van der Waals surface area contributed by atoms with Gasteiger partial charge < -0.3 is 15.8 Å². The van der Waals surface area contributed by atoms with E-state index in [2.05, 4.69) is 15.0 Å². The maximum Gasteiger partial charge on any atom is 0.387 e. The van der Waals surface area contributed by atoms with Gasteiger partial charge in [-0.3, -0.25) is 0 Å². The van der Waals surface area contributed by atoms with Crippen LogP contribution in [0, 0.1) is 0 Å². The van der Waals surface area contributed by atoms with Crippen molar-refractivity contribution in [2.75, 3.05) is 0 Å². The van der Waals surface area contributed by atoms with E-state index in [0.717, 1.165) is 18.4 Å². The summed E-state index contributed by atoms with van der Waals surface area (Å²) in [7, 11) is 0. The van der Waals surface area contributed by atoms with Crippen LogP contribution in [0.4, 0.5) is 8.78 Å². The first-order chi connectivity index (χ1) is 10.1. The lowest BCUT2D eigenvalue weighted by atomic mass is 9.96. The van der Waals surface area contributed by atoms with E-state index in [0.29, 0.717) is 18.5 Å². The lowest BCUT2D eigenvalue weighted by molar-refractivity contribution is -0.0498. The van der Waals surface area contributed by atoms with Gasteiger partial charge in [-0.15, -0.1) is 0 Å². The third kappa shape index (κ3) is 5.57. The smallest absolute Gasteiger partial charge is 0.387 e. The number of nitrogens with one attached hydrogen (secondary N) is 1. The van der Waals surface area contributed by atoms with Crippen LogP contribution in [0.1, 0.15) is 37.7 Å². The molecule has 1 aliphatic rings. The third-order valence-corrected chi connectivity index (χ3v) is 3.51. The normalized spacial score (nSPS) is 17.0. The molecule has 0 saturated heterocycles. The van der Waals surface area contributed by atoms with Gasteiger partial charge in [0.2, 0.25) is 0 Å². The van der Waals surface area contributed by atoms with Crippen molar-refractivity contribution in [1.82, 2.24) is 5.32 Å². The Balaban J connectivity index is 1.86. The highest BCUT2D eigenvalue weighted by Gasteiger charge is 2.13. The second kappa shape index (κ2) is 7.81. The first-order valence-electron chi connectivity index (χ1n) is 7.23. The van der Waals surface area contributed by atoms with Gasteiger partial charge >= 0.3 is 6.61 Å². The molecule has 1 aromatic rings. The van der Waals surface area contributed by atoms with Crippen molar-refractivity contribution in [2.24, 2.45) is 10.7 Å². The number of aliphatic imine (C=N–C) groups is 1. The van der Waals surface area contributed by atoms with Gasteiger partial charge in [-0.2, -0.15) is 8.78 Å². The predicted molar refractivity (Wildman–Crippen MR) is 78.4 cm³/mol. The van der Waals surface area contributed by atoms with Crippen LogP contribution in [0.15, 0.2) is 29.3 Å². The van der Waals surface area contributed by atoms with E-state index in [1.165, 1.54) is 25.3 Å². The fraction of sp³-hybridized carbons (Fsp3) is 0.533. The van der Waals surface area contributed by atoms with E-state index >= 15 is 0 Å². The van der Waals surface area contributed by atoms with Gasteiger partial charge in [-0.05, 0) is 30.5 Å². The molecule has 21 heavy (non-hydrogen) atoms. The van der Waals surface area contributed by atoms with Crippen molar-refractivity contribution in [3.8, 4) is 5.75 Å². The molecular weight excluding hydrogens is 276 g/mol. The Labute approximate surface area is 123 Å². The minimum absolute atomic E-state index is 0.136. The monoisotopic (exact) mass is 297 g/mol. The zero-order valence-corrected chi connectivity index (χ0v) is 11.9. The molecule has 2 rings (SSSR count). The van der Waals surface area contributed by atoms with E-state index in [9.17, 15) is 8.78 Å². The molecule has 0 unspecified atom stereocenters. The van der Waals surface area contributed by atoms with Gasteiger partial charge in [0.15, 0.2) is 5.96 Å². The molecule has 0 bridgehead atoms. The molecule has 3 N–H and O–H groups in total. The molecule has 0 radical (unpaired) electrons. The Morgan fingerprint density at radius 3 is 2.81 bits per heavy atom. The topological polar surface area (TPSA) is 59.6 Å². The van der Waals surface area contributed by atoms with Crippen LogP contribution in [-0.2, 0) is 6.54 Å². The standard InChI is InChI=1S/C15H21F2N3O/c16-14(17)21-13-8-4-5-11(9-13)10-19-15(18)20-12-6-2-1-3-7-12/h4-5,8-9,12,14H,1-3,6-7,10H2,(H3,18,19,20). The highest BCUT2D eigenvalue weighted by atomic mass is 19.3. The molecule has 0 aliphatic heterocycles. The van der Waals surface area contributed by atoms with Crippen molar-refractivity contribution in [3.05, 3.63) is 29.8 Å². The summed E-state index contributed by atoms with van der Waals surface area (Å²) >= 11 is 0. The highest BCUT2D eigenvalue weighted by Crippen LogP contribution is 2.18. The molecule has 116 valence electrons. The zero-order chi connectivity index (χ0) is 15.1. The van der Waals surface area contributed by atoms with E-state index in [1.807, 2.05) is 0 Å². The number of ether oxygens (including phenoxy) is 1. The number of hydrogen-bond acceptors (Lipinski definition) is 2. The van der Waals surface area contributed by atoms with Crippen molar-refractivity contribution in [2.45, 2.75) is 51.3 Å². The van der Waals surface area contributed by atoms with Crippen LogP contribution < -0.4 is 15.8 Å². The van der Waals surface area contributed by atoms with Gasteiger partial charge in [0, 0.05) is 6.04 Å². The molecule has 1 fully saturated rings. The van der Waals surface area contributed by atoms with Gasteiger partial charge in [-0.1, -0.05) is 31.4 Å². The molecule has 1 saturated carbocycles. The van der Waals surface area contributed by atoms with Crippen LogP contribution >= 0.6 is 0 Å². The van der Waals surface area contributed by atoms with Crippen molar-refractivity contribution in [3.63, 3.8) is 0 Å². The average Bonchev–Trinajstić information content (AvgIpc) is 2.46. The first-order valence-corrected chi connectivity index (χ1v) is 7.23. The summed E-state index contributed by atoms with van der Waals surface area (Å²) < 4.78 is 28.6. The molecule has 1 aliphatic carbocycles. The maximum absolute atomic E-state index is 12.1. The Kier molecular flexibility index (Phi) is 5.78. The Hall–Kier alpha value is -1.85. The SMILES string of the molecule is NC(=NCc1cccc(OC(F)F)c1)NC1CCCCC1. The first kappa shape index (κ1) is 15.5. The Morgan fingerprint density at radius 2 is 2.10 bits per heavy atom. The Bertz CT molecular complexity index is 474. The van der Waals surface area contributed by atoms with Gasteiger partial charge in [0.25, 0.3) is 0 Å². The van der Waals surface area contributed by atoms with Crippen LogP contribution in [-0.4, -0.2) is 18.6 Å². The number of alkyl halides is 2. The Morgan fingerprint density at radius 1 is 1.33 bits per heavy atom. The summed E-state index contributed by atoms with van der Waals surface area (Å²) in [4.78, 5) is 4.25. The highest BCUT2D eigenvalue weighted by molar-refractivity contribution is 5.78. The minimum atomic E-state index is -2.82. The third-order valence-electron chi connectivity index (χ3n) is 3.51. The number of halogens is 2. The fourth-order valence-corrected chi connectivity index (χ4v) is 2.50. The largest absolute Gasteiger partial charge is 0.435 e. The zero-order valence-electron chi connectivity index (χ0n) is 11.9. The number of benzene rings is 1. The number of hydrogen-bond donors (Lipinski definition) is 2. The summed E-state index contributed by atoms with van der Waals surface area (Å²) in [5.41, 5.74) is 6.64. The number of nitrogens with zero attached hydrogens (tertiary/aromatic N) is 1. The van der Waals surface area contributed by atoms with E-state index in [-0.39, 0.29) is 5.75 Å². The second-order valence-electron chi connectivity index (χ2n) is 5.21. The number of nitrogens with two attached hydrogens (primary N) is 1. The van der Waals surface area contributed by atoms with Crippen molar-refractivity contribution in [1.29, 1.82) is 0 Å². The van der Waals surface area contributed by atoms with E-state index in [1.54, 1.807) is 18.2 Å². The predicted octanol–water partition coefficient (Wildman–Crippen LogP) is 3.03. The number of guanidine groups is 1. The van der Waals surface area contributed by atoms with Crippen LogP contribution in [0.3, 0.4) is 0 Å². The summed E-state index contributed by atoms with van der Waals surface area (Å²) in [6.07, 6.45) is 5.96. The summed E-state index contributed by atoms with van der Waals surface area (Å²) in [6, 6.07) is 6.89. The molecular formula is C15H21F2N3O. The molecule has 0 amide bonds. The summed E-state index contributed by atoms with van der Waals surface area (Å²) in [5.74, 6) is 0.540. The second-order valence-corrected chi connectivity index (χ2v) is 5.21. The van der Waals surface area contributed by atoms with Crippen LogP contribution in [0.2, 0.25) is 0 Å². The summed E-state index contributed by atoms with van der Waals surface area (Å²) in [5, 5.41) is 3.21. The molecule has 1 aromatic carbocycles. The molecule has 0 atom stereocenters. The molecule has 4 nitrogen and oxygen atoms in total. The fourth-order valence-electron chi connectivity index (χ4n) is 2.50. The molecule has 0 heterocycles. The quantitative estimate of drug-likeness (QED) is 0.649. The van der Waals surface area contributed by atoms with E-state index < -0.39 is 6.61 Å². The maximum atomic E-state index is 12.1. The van der Waals surface area contributed by atoms with Crippen molar-refractivity contribution >= 4 is 5.96 Å². The molecule has 0 spiro atoms. The van der Waals surface area contributed by atoms with E-state index in [4.69, 9.17) is 5.73 Å². The van der Waals surface area contributed by atoms with Gasteiger partial charge in [-0.25, -0.2) is 4.99 Å². The molecule has 6 heteroatoms. The molecule has 0 aromatic heterocycles. The summed E-state index contributed by atoms with van der Waals surface area (Å²) in [6.45, 7) is -2.48.